The fourth-order valence-electron chi connectivity index (χ4n) is 2.45. The molecule has 1 aromatic carbocycles. The van der Waals surface area contributed by atoms with Gasteiger partial charge in [-0.05, 0) is 24.3 Å². The van der Waals surface area contributed by atoms with E-state index in [2.05, 4.69) is 15.5 Å². The molecule has 0 saturated heterocycles. The van der Waals surface area contributed by atoms with Crippen LogP contribution in [0.3, 0.4) is 0 Å². The Morgan fingerprint density at radius 1 is 1.16 bits per heavy atom. The number of fused-ring (bicyclic) bond motifs is 2. The Morgan fingerprint density at radius 3 is 2.84 bits per heavy atom. The summed E-state index contributed by atoms with van der Waals surface area (Å²) in [5.41, 5.74) is 1.03. The van der Waals surface area contributed by atoms with Crippen LogP contribution < -0.4 is 4.72 Å². The topological polar surface area (TPSA) is 119 Å². The number of hydrogen-bond donors (Lipinski definition) is 1. The number of amides is 1. The normalized spacial score (nSPS) is 11.8. The van der Waals surface area contributed by atoms with Gasteiger partial charge in [-0.15, -0.1) is 5.10 Å². The van der Waals surface area contributed by atoms with E-state index in [-0.39, 0.29) is 11.4 Å². The molecule has 4 aromatic rings. The Morgan fingerprint density at radius 2 is 1.96 bits per heavy atom. The molecule has 0 bridgehead atoms. The minimum absolute atomic E-state index is 0.0748. The monoisotopic (exact) mass is 357 g/mol. The molecule has 126 valence electrons. The molecule has 0 unspecified atom stereocenters. The van der Waals surface area contributed by atoms with Crippen LogP contribution in [0.5, 0.6) is 0 Å². The van der Waals surface area contributed by atoms with Crippen LogP contribution in [0.15, 0.2) is 53.2 Å². The van der Waals surface area contributed by atoms with Gasteiger partial charge < -0.3 is 4.52 Å². The number of carbonyl (C=O) groups excluding carboxylic acids is 1. The third kappa shape index (κ3) is 2.83. The average Bonchev–Trinajstić information content (AvgIpc) is 3.19. The quantitative estimate of drug-likeness (QED) is 0.581. The molecule has 0 spiro atoms. The van der Waals surface area contributed by atoms with Gasteiger partial charge in [-0.2, -0.15) is 0 Å². The number of nitrogens with zero attached hydrogens (tertiary/aromatic N) is 4. The first kappa shape index (κ1) is 15.3. The van der Waals surface area contributed by atoms with Crippen LogP contribution in [0, 0.1) is 0 Å². The summed E-state index contributed by atoms with van der Waals surface area (Å²) >= 11 is 0. The summed E-state index contributed by atoms with van der Waals surface area (Å²) < 4.78 is 33.1. The molecule has 1 amide bonds. The number of rotatable bonds is 4. The third-order valence-corrected chi connectivity index (χ3v) is 4.72. The Balaban J connectivity index is 1.60. The van der Waals surface area contributed by atoms with Gasteiger partial charge >= 0.3 is 0 Å². The molecule has 25 heavy (non-hydrogen) atoms. The largest absolute Gasteiger partial charge is 0.356 e. The second-order valence-electron chi connectivity index (χ2n) is 5.28. The van der Waals surface area contributed by atoms with Crippen LogP contribution in [0.25, 0.3) is 16.5 Å². The zero-order chi connectivity index (χ0) is 17.4. The van der Waals surface area contributed by atoms with E-state index in [0.717, 1.165) is 0 Å². The number of carbonyl (C=O) groups is 1. The number of sulfonamides is 1. The average molecular weight is 357 g/mol. The van der Waals surface area contributed by atoms with E-state index in [9.17, 15) is 13.2 Å². The minimum Gasteiger partial charge on any atom is -0.356 e. The predicted octanol–water partition coefficient (Wildman–Crippen LogP) is 1.13. The van der Waals surface area contributed by atoms with Crippen LogP contribution in [0.2, 0.25) is 0 Å². The van der Waals surface area contributed by atoms with E-state index in [1.807, 2.05) is 4.72 Å². The number of nitrogens with one attached hydrogen (secondary N) is 1. The maximum absolute atomic E-state index is 12.3. The first-order chi connectivity index (χ1) is 12.0. The number of hydrogen-bond acceptors (Lipinski definition) is 7. The summed E-state index contributed by atoms with van der Waals surface area (Å²) in [5, 5.41) is 11.8. The number of para-hydroxylation sites is 1. The van der Waals surface area contributed by atoms with Gasteiger partial charge in [0.1, 0.15) is 11.4 Å². The third-order valence-electron chi connectivity index (χ3n) is 3.57. The van der Waals surface area contributed by atoms with Gasteiger partial charge in [0.2, 0.25) is 10.0 Å². The molecule has 0 saturated carbocycles. The van der Waals surface area contributed by atoms with Crippen molar-refractivity contribution in [3.05, 3.63) is 60.0 Å². The predicted molar refractivity (Wildman–Crippen MR) is 87.1 cm³/mol. The Bertz CT molecular complexity index is 1190. The standard InChI is InChI=1S/C15H11N5O4S/c21-15(14-12-6-3-4-8-20(12)19-16-14)18-25(22,23)9-11-10-5-1-2-7-13(10)24-17-11/h1-8H,9H2,(H,18,21). The van der Waals surface area contributed by atoms with Gasteiger partial charge in [-0.3, -0.25) is 4.79 Å². The summed E-state index contributed by atoms with van der Waals surface area (Å²) in [4.78, 5) is 12.3. The van der Waals surface area contributed by atoms with E-state index >= 15 is 0 Å². The molecule has 0 radical (unpaired) electrons. The van der Waals surface area contributed by atoms with E-state index in [4.69, 9.17) is 4.52 Å². The molecule has 1 N–H and O–H groups in total. The molecule has 3 aromatic heterocycles. The number of aromatic nitrogens is 4. The van der Waals surface area contributed by atoms with Gasteiger partial charge in [0, 0.05) is 11.6 Å². The van der Waals surface area contributed by atoms with Crippen molar-refractivity contribution in [1.29, 1.82) is 0 Å². The van der Waals surface area contributed by atoms with Crippen molar-refractivity contribution in [3.63, 3.8) is 0 Å². The van der Waals surface area contributed by atoms with Crippen molar-refractivity contribution in [2.45, 2.75) is 5.75 Å². The highest BCUT2D eigenvalue weighted by molar-refractivity contribution is 7.89. The Kier molecular flexibility index (Phi) is 3.46. The highest BCUT2D eigenvalue weighted by Crippen LogP contribution is 2.19. The first-order valence-corrected chi connectivity index (χ1v) is 8.87. The summed E-state index contributed by atoms with van der Waals surface area (Å²) in [5.74, 6) is -1.34. The van der Waals surface area contributed by atoms with Gasteiger partial charge in [-0.1, -0.05) is 28.6 Å². The molecule has 0 atom stereocenters. The second-order valence-corrected chi connectivity index (χ2v) is 7.01. The lowest BCUT2D eigenvalue weighted by atomic mass is 10.2. The Hall–Kier alpha value is -3.27. The summed E-state index contributed by atoms with van der Waals surface area (Å²) in [7, 11) is -3.99. The van der Waals surface area contributed by atoms with Crippen LogP contribution in [-0.2, 0) is 15.8 Å². The molecule has 0 aliphatic carbocycles. The van der Waals surface area contributed by atoms with Gasteiger partial charge in [0.05, 0.1) is 5.52 Å². The van der Waals surface area contributed by atoms with Crippen LogP contribution in [0.4, 0.5) is 0 Å². The van der Waals surface area contributed by atoms with E-state index < -0.39 is 21.7 Å². The zero-order valence-corrected chi connectivity index (χ0v) is 13.5. The highest BCUT2D eigenvalue weighted by Gasteiger charge is 2.23. The van der Waals surface area contributed by atoms with Crippen molar-refractivity contribution < 1.29 is 17.7 Å². The molecular weight excluding hydrogens is 346 g/mol. The van der Waals surface area contributed by atoms with Gasteiger partial charge in [0.15, 0.2) is 11.3 Å². The SMILES string of the molecule is O=C(NS(=O)(=O)Cc1noc2ccccc12)c1nnn2ccccc12. The summed E-state index contributed by atoms with van der Waals surface area (Å²) in [6, 6.07) is 11.9. The number of pyridine rings is 1. The molecule has 4 rings (SSSR count). The molecule has 0 fully saturated rings. The van der Waals surface area contributed by atoms with Crippen molar-refractivity contribution in [2.75, 3.05) is 0 Å². The van der Waals surface area contributed by atoms with Crippen molar-refractivity contribution in [3.8, 4) is 0 Å². The van der Waals surface area contributed by atoms with Crippen molar-refractivity contribution >= 4 is 32.4 Å². The van der Waals surface area contributed by atoms with Crippen LogP contribution >= 0.6 is 0 Å². The van der Waals surface area contributed by atoms with Crippen LogP contribution in [0.1, 0.15) is 16.2 Å². The molecule has 9 nitrogen and oxygen atoms in total. The molecule has 10 heteroatoms. The highest BCUT2D eigenvalue weighted by atomic mass is 32.2. The molecule has 3 heterocycles. The number of benzene rings is 1. The lowest BCUT2D eigenvalue weighted by Gasteiger charge is -2.04. The maximum Gasteiger partial charge on any atom is 0.287 e. The summed E-state index contributed by atoms with van der Waals surface area (Å²) in [6.07, 6.45) is 1.61. The molecular formula is C15H11N5O4S. The van der Waals surface area contributed by atoms with Crippen LogP contribution in [-0.4, -0.2) is 34.3 Å². The molecule has 0 aliphatic rings. The lowest BCUT2D eigenvalue weighted by Crippen LogP contribution is -2.32. The lowest BCUT2D eigenvalue weighted by molar-refractivity contribution is 0.0978. The van der Waals surface area contributed by atoms with E-state index in [1.165, 1.54) is 4.52 Å². The van der Waals surface area contributed by atoms with E-state index in [0.29, 0.717) is 16.5 Å². The van der Waals surface area contributed by atoms with Gasteiger partial charge in [0.25, 0.3) is 5.91 Å². The molecule has 0 aliphatic heterocycles. The zero-order valence-electron chi connectivity index (χ0n) is 12.7. The fourth-order valence-corrected chi connectivity index (χ4v) is 3.47. The van der Waals surface area contributed by atoms with Crippen molar-refractivity contribution in [2.24, 2.45) is 0 Å². The first-order valence-electron chi connectivity index (χ1n) is 7.22. The summed E-state index contributed by atoms with van der Waals surface area (Å²) in [6.45, 7) is 0. The maximum atomic E-state index is 12.3. The van der Waals surface area contributed by atoms with Crippen molar-refractivity contribution in [1.82, 2.24) is 24.7 Å². The van der Waals surface area contributed by atoms with E-state index in [1.54, 1.807) is 48.7 Å². The Labute approximate surface area is 141 Å². The minimum atomic E-state index is -3.99. The second kappa shape index (κ2) is 5.67. The fraction of sp³-hybridized carbons (Fsp3) is 0.0667. The smallest absolute Gasteiger partial charge is 0.287 e. The van der Waals surface area contributed by atoms with Gasteiger partial charge in [-0.25, -0.2) is 17.7 Å².